The molecule has 0 saturated carbocycles. The average Bonchev–Trinajstić information content (AvgIpc) is 2.51. The van der Waals surface area contributed by atoms with Crippen molar-refractivity contribution in [2.45, 2.75) is 13.0 Å². The van der Waals surface area contributed by atoms with E-state index in [1.807, 2.05) is 42.3 Å². The van der Waals surface area contributed by atoms with Crippen LogP contribution in [0.2, 0.25) is 10.0 Å². The number of para-hydroxylation sites is 1. The summed E-state index contributed by atoms with van der Waals surface area (Å²) in [5.74, 6) is -0.746. The lowest BCUT2D eigenvalue weighted by Gasteiger charge is -2.21. The topological polar surface area (TPSA) is 32.3 Å². The molecule has 0 heterocycles. The van der Waals surface area contributed by atoms with Crippen molar-refractivity contribution in [3.8, 4) is 0 Å². The highest BCUT2D eigenvalue weighted by atomic mass is 35.5. The number of halogens is 3. The minimum Gasteiger partial charge on any atom is -0.365 e. The Bertz CT molecular complexity index is 694. The van der Waals surface area contributed by atoms with Gasteiger partial charge in [0.2, 0.25) is 5.91 Å². The third-order valence-electron chi connectivity index (χ3n) is 3.46. The summed E-state index contributed by atoms with van der Waals surface area (Å²) in [7, 11) is 1.83. The summed E-state index contributed by atoms with van der Waals surface area (Å²) in [5.41, 5.74) is 1.43. The molecule has 0 aliphatic heterocycles. The summed E-state index contributed by atoms with van der Waals surface area (Å²) in [5, 5.41) is 3.09. The van der Waals surface area contributed by atoms with Crippen LogP contribution in [0.1, 0.15) is 18.5 Å². The Morgan fingerprint density at radius 3 is 2.52 bits per heavy atom. The Morgan fingerprint density at radius 2 is 1.87 bits per heavy atom. The Hall–Kier alpha value is -1.78. The summed E-state index contributed by atoms with van der Waals surface area (Å²) in [4.78, 5) is 14.0. The summed E-state index contributed by atoms with van der Waals surface area (Å²) < 4.78 is 13.6. The fourth-order valence-electron chi connectivity index (χ4n) is 2.22. The average molecular weight is 355 g/mol. The first kappa shape index (κ1) is 17.6. The lowest BCUT2D eigenvalue weighted by atomic mass is 10.1. The molecule has 0 spiro atoms. The van der Waals surface area contributed by atoms with Crippen molar-refractivity contribution in [3.63, 3.8) is 0 Å². The summed E-state index contributed by atoms with van der Waals surface area (Å²) in [6.07, 6.45) is 0. The van der Waals surface area contributed by atoms with Crippen molar-refractivity contribution >= 4 is 34.8 Å². The molecule has 2 aromatic carbocycles. The fourth-order valence-corrected chi connectivity index (χ4v) is 2.77. The molecular formula is C17H17Cl2FN2O. The number of nitrogens with zero attached hydrogens (tertiary/aromatic N) is 1. The van der Waals surface area contributed by atoms with Crippen molar-refractivity contribution in [3.05, 3.63) is 63.9 Å². The Balaban J connectivity index is 2.01. The second-order valence-electron chi connectivity index (χ2n) is 5.27. The number of hydrogen-bond acceptors (Lipinski definition) is 2. The van der Waals surface area contributed by atoms with Gasteiger partial charge in [0.25, 0.3) is 0 Å². The Kier molecular flexibility index (Phi) is 5.85. The minimum absolute atomic E-state index is 0.0407. The van der Waals surface area contributed by atoms with Gasteiger partial charge in [-0.3, -0.25) is 4.79 Å². The molecule has 1 N–H and O–H groups in total. The lowest BCUT2D eigenvalue weighted by Crippen LogP contribution is -2.36. The molecule has 2 rings (SSSR count). The zero-order valence-electron chi connectivity index (χ0n) is 12.8. The van der Waals surface area contributed by atoms with Gasteiger partial charge in [-0.2, -0.15) is 0 Å². The first-order valence-corrected chi connectivity index (χ1v) is 7.84. The van der Waals surface area contributed by atoms with E-state index in [0.717, 1.165) is 5.69 Å². The van der Waals surface area contributed by atoms with Crippen LogP contribution in [0.15, 0.2) is 42.5 Å². The number of rotatable bonds is 5. The van der Waals surface area contributed by atoms with Crippen LogP contribution in [0.4, 0.5) is 10.1 Å². The van der Waals surface area contributed by atoms with Crippen LogP contribution in [0, 0.1) is 5.82 Å². The zero-order valence-corrected chi connectivity index (χ0v) is 14.3. The van der Waals surface area contributed by atoms with Crippen LogP contribution in [0.3, 0.4) is 0 Å². The second kappa shape index (κ2) is 7.66. The molecule has 0 aromatic heterocycles. The number of likely N-dealkylation sites (N-methyl/N-ethyl adjacent to an activating group) is 1. The SMILES string of the molecule is CC(NC(=O)CN(C)c1ccccc1)c1cc(F)c(Cl)cc1Cl. The van der Waals surface area contributed by atoms with Crippen LogP contribution >= 0.6 is 23.2 Å². The maximum Gasteiger partial charge on any atom is 0.239 e. The number of carbonyl (C=O) groups is 1. The highest BCUT2D eigenvalue weighted by Gasteiger charge is 2.16. The van der Waals surface area contributed by atoms with Crippen molar-refractivity contribution in [1.29, 1.82) is 0 Å². The minimum atomic E-state index is -0.562. The van der Waals surface area contributed by atoms with Gasteiger partial charge in [0.15, 0.2) is 0 Å². The third-order valence-corrected chi connectivity index (χ3v) is 4.08. The zero-order chi connectivity index (χ0) is 17.0. The Morgan fingerprint density at radius 1 is 1.22 bits per heavy atom. The standard InChI is InChI=1S/C17H17Cl2FN2O/c1-11(13-8-16(20)15(19)9-14(13)18)21-17(23)10-22(2)12-6-4-3-5-7-12/h3-9,11H,10H2,1-2H3,(H,21,23). The monoisotopic (exact) mass is 354 g/mol. The van der Waals surface area contributed by atoms with Crippen LogP contribution in [0.5, 0.6) is 0 Å². The van der Waals surface area contributed by atoms with Crippen LogP contribution < -0.4 is 10.2 Å². The number of hydrogen-bond donors (Lipinski definition) is 1. The third kappa shape index (κ3) is 4.60. The van der Waals surface area contributed by atoms with Gasteiger partial charge < -0.3 is 10.2 Å². The van der Waals surface area contributed by atoms with Crippen LogP contribution in [-0.4, -0.2) is 19.5 Å². The molecule has 1 unspecified atom stereocenters. The van der Waals surface area contributed by atoms with Gasteiger partial charge in [-0.1, -0.05) is 41.4 Å². The molecule has 0 bridgehead atoms. The van der Waals surface area contributed by atoms with Gasteiger partial charge in [-0.05, 0) is 36.8 Å². The first-order chi connectivity index (χ1) is 10.9. The lowest BCUT2D eigenvalue weighted by molar-refractivity contribution is -0.120. The van der Waals surface area contributed by atoms with E-state index in [2.05, 4.69) is 5.32 Å². The molecule has 0 radical (unpaired) electrons. The molecule has 0 aliphatic rings. The van der Waals surface area contributed by atoms with E-state index >= 15 is 0 Å². The molecule has 0 saturated heterocycles. The van der Waals surface area contributed by atoms with Crippen LogP contribution in [-0.2, 0) is 4.79 Å². The number of amides is 1. The summed E-state index contributed by atoms with van der Waals surface area (Å²) in [6, 6.07) is 11.7. The maximum absolute atomic E-state index is 13.6. The van der Waals surface area contributed by atoms with E-state index in [9.17, 15) is 9.18 Å². The Labute approximate surface area is 145 Å². The van der Waals surface area contributed by atoms with Gasteiger partial charge >= 0.3 is 0 Å². The van der Waals surface area contributed by atoms with E-state index in [4.69, 9.17) is 23.2 Å². The van der Waals surface area contributed by atoms with E-state index in [1.165, 1.54) is 12.1 Å². The van der Waals surface area contributed by atoms with Gasteiger partial charge in [0.05, 0.1) is 17.6 Å². The van der Waals surface area contributed by atoms with Gasteiger partial charge in [-0.25, -0.2) is 4.39 Å². The predicted octanol–water partition coefficient (Wildman–Crippen LogP) is 4.45. The van der Waals surface area contributed by atoms with E-state index in [-0.39, 0.29) is 17.5 Å². The second-order valence-corrected chi connectivity index (χ2v) is 6.08. The highest BCUT2D eigenvalue weighted by Crippen LogP contribution is 2.28. The first-order valence-electron chi connectivity index (χ1n) is 7.08. The molecule has 0 fully saturated rings. The quantitative estimate of drug-likeness (QED) is 0.804. The molecule has 122 valence electrons. The van der Waals surface area contributed by atoms with Crippen molar-refractivity contribution in [2.75, 3.05) is 18.5 Å². The summed E-state index contributed by atoms with van der Waals surface area (Å²) in [6.45, 7) is 1.93. The molecule has 0 aliphatic carbocycles. The number of nitrogens with one attached hydrogen (secondary N) is 1. The molecule has 1 atom stereocenters. The van der Waals surface area contributed by atoms with Gasteiger partial charge in [0.1, 0.15) is 5.82 Å². The van der Waals surface area contributed by atoms with Gasteiger partial charge in [-0.15, -0.1) is 0 Å². The fraction of sp³-hybridized carbons (Fsp3) is 0.235. The van der Waals surface area contributed by atoms with E-state index < -0.39 is 11.9 Å². The molecule has 2 aromatic rings. The van der Waals surface area contributed by atoms with E-state index in [1.54, 1.807) is 6.92 Å². The highest BCUT2D eigenvalue weighted by molar-refractivity contribution is 6.35. The largest absolute Gasteiger partial charge is 0.365 e. The summed E-state index contributed by atoms with van der Waals surface area (Å²) >= 11 is 11.7. The molecular weight excluding hydrogens is 338 g/mol. The van der Waals surface area contributed by atoms with Crippen LogP contribution in [0.25, 0.3) is 0 Å². The number of anilines is 1. The smallest absolute Gasteiger partial charge is 0.239 e. The maximum atomic E-state index is 13.6. The number of carbonyl (C=O) groups excluding carboxylic acids is 1. The predicted molar refractivity (Wildman–Crippen MR) is 92.7 cm³/mol. The van der Waals surface area contributed by atoms with Crippen molar-refractivity contribution in [1.82, 2.24) is 5.32 Å². The van der Waals surface area contributed by atoms with Crippen molar-refractivity contribution < 1.29 is 9.18 Å². The normalized spacial score (nSPS) is 11.9. The molecule has 3 nitrogen and oxygen atoms in total. The molecule has 6 heteroatoms. The number of benzene rings is 2. The van der Waals surface area contributed by atoms with E-state index in [0.29, 0.717) is 10.6 Å². The molecule has 1 amide bonds. The van der Waals surface area contributed by atoms with Gasteiger partial charge in [0, 0.05) is 17.8 Å². The molecule has 23 heavy (non-hydrogen) atoms. The van der Waals surface area contributed by atoms with Crippen molar-refractivity contribution in [2.24, 2.45) is 0 Å².